The highest BCUT2D eigenvalue weighted by Gasteiger charge is 2.06. The minimum atomic E-state index is 0.383. The predicted octanol–water partition coefficient (Wildman–Crippen LogP) is 3.38. The van der Waals surface area contributed by atoms with Crippen LogP contribution in [0.5, 0.6) is 0 Å². The molecule has 0 saturated heterocycles. The highest BCUT2D eigenvalue weighted by molar-refractivity contribution is 5.59. The Morgan fingerprint density at radius 1 is 1.13 bits per heavy atom. The van der Waals surface area contributed by atoms with Crippen LogP contribution in [0.1, 0.15) is 36.6 Å². The Morgan fingerprint density at radius 3 is 2.48 bits per heavy atom. The molecule has 0 bridgehead atoms. The van der Waals surface area contributed by atoms with Gasteiger partial charge in [0.25, 0.3) is 0 Å². The molecule has 0 atom stereocenters. The molecule has 3 rings (SSSR count). The molecule has 2 heterocycles. The van der Waals surface area contributed by atoms with Crippen LogP contribution < -0.4 is 0 Å². The van der Waals surface area contributed by atoms with Crippen LogP contribution in [0.2, 0.25) is 0 Å². The van der Waals surface area contributed by atoms with Gasteiger partial charge in [0.2, 0.25) is 0 Å². The first-order valence-corrected chi connectivity index (χ1v) is 7.51. The number of nitrogens with zero attached hydrogens (tertiary/aromatic N) is 5. The minimum Gasteiger partial charge on any atom is -0.255 e. The van der Waals surface area contributed by atoms with Gasteiger partial charge in [0.05, 0.1) is 23.5 Å². The summed E-state index contributed by atoms with van der Waals surface area (Å²) < 4.78 is 1.85. The normalized spacial score (nSPS) is 10.7. The molecule has 1 aromatic carbocycles. The molecule has 0 unspecified atom stereocenters. The predicted molar refractivity (Wildman–Crippen MR) is 87.6 cm³/mol. The van der Waals surface area contributed by atoms with E-state index >= 15 is 0 Å². The van der Waals surface area contributed by atoms with Crippen molar-refractivity contribution >= 4 is 0 Å². The van der Waals surface area contributed by atoms with Crippen LogP contribution in [0, 0.1) is 11.3 Å². The maximum Gasteiger partial charge on any atom is 0.101 e. The van der Waals surface area contributed by atoms with E-state index in [4.69, 9.17) is 5.26 Å². The minimum absolute atomic E-state index is 0.383. The molecule has 0 aliphatic carbocycles. The van der Waals surface area contributed by atoms with Crippen LogP contribution >= 0.6 is 0 Å². The van der Waals surface area contributed by atoms with Crippen molar-refractivity contribution in [3.63, 3.8) is 0 Å². The van der Waals surface area contributed by atoms with Crippen molar-refractivity contribution < 1.29 is 0 Å². The molecule has 3 aromatic rings. The Morgan fingerprint density at radius 2 is 1.91 bits per heavy atom. The molecule has 0 aliphatic rings. The van der Waals surface area contributed by atoms with Gasteiger partial charge < -0.3 is 0 Å². The lowest BCUT2D eigenvalue weighted by Gasteiger charge is -2.04. The van der Waals surface area contributed by atoms with Gasteiger partial charge in [0.15, 0.2) is 0 Å². The van der Waals surface area contributed by atoms with Crippen LogP contribution in [0.3, 0.4) is 0 Å². The molecule has 0 spiro atoms. The summed E-state index contributed by atoms with van der Waals surface area (Å²) in [6, 6.07) is 13.9. The zero-order valence-electron chi connectivity index (χ0n) is 13.1. The van der Waals surface area contributed by atoms with Crippen LogP contribution in [-0.4, -0.2) is 20.0 Å². The number of nitriles is 1. The first kappa shape index (κ1) is 14.9. The highest BCUT2D eigenvalue weighted by Crippen LogP contribution is 2.18. The second-order valence-corrected chi connectivity index (χ2v) is 5.74. The SMILES string of the molecule is CC(C)c1cn(Cc2ccc(-c3ccc(C#N)cn3)cc2)nn1. The van der Waals surface area contributed by atoms with E-state index in [1.54, 1.807) is 12.3 Å². The van der Waals surface area contributed by atoms with Gasteiger partial charge in [0, 0.05) is 18.0 Å². The summed E-state index contributed by atoms with van der Waals surface area (Å²) >= 11 is 0. The topological polar surface area (TPSA) is 67.4 Å². The van der Waals surface area contributed by atoms with E-state index in [1.165, 1.54) is 0 Å². The fraction of sp³-hybridized carbons (Fsp3) is 0.222. The molecule has 0 fully saturated rings. The third kappa shape index (κ3) is 3.43. The van der Waals surface area contributed by atoms with Crippen molar-refractivity contribution in [2.45, 2.75) is 26.3 Å². The van der Waals surface area contributed by atoms with Crippen molar-refractivity contribution in [2.75, 3.05) is 0 Å². The zero-order chi connectivity index (χ0) is 16.2. The summed E-state index contributed by atoms with van der Waals surface area (Å²) in [6.07, 6.45) is 3.58. The lowest BCUT2D eigenvalue weighted by molar-refractivity contribution is 0.648. The van der Waals surface area contributed by atoms with Crippen LogP contribution in [0.4, 0.5) is 0 Å². The Bertz CT molecular complexity index is 823. The number of pyridine rings is 1. The Balaban J connectivity index is 1.74. The van der Waals surface area contributed by atoms with Gasteiger partial charge in [-0.1, -0.05) is 43.3 Å². The standard InChI is InChI=1S/C18H17N5/c1-13(2)18-12-23(22-21-18)11-14-3-6-16(7-4-14)17-8-5-15(9-19)10-20-17/h3-8,10,12-13H,11H2,1-2H3. The van der Waals surface area contributed by atoms with Gasteiger partial charge in [-0.25, -0.2) is 4.68 Å². The monoisotopic (exact) mass is 303 g/mol. The van der Waals surface area contributed by atoms with Crippen molar-refractivity contribution in [1.82, 2.24) is 20.0 Å². The van der Waals surface area contributed by atoms with Crippen molar-refractivity contribution in [3.05, 3.63) is 65.6 Å². The van der Waals surface area contributed by atoms with E-state index < -0.39 is 0 Å². The largest absolute Gasteiger partial charge is 0.255 e. The zero-order valence-corrected chi connectivity index (χ0v) is 13.1. The van der Waals surface area contributed by atoms with Crippen molar-refractivity contribution in [2.24, 2.45) is 0 Å². The van der Waals surface area contributed by atoms with E-state index in [0.29, 0.717) is 18.0 Å². The molecule has 0 amide bonds. The van der Waals surface area contributed by atoms with E-state index in [2.05, 4.69) is 47.3 Å². The summed E-state index contributed by atoms with van der Waals surface area (Å²) in [5.41, 5.74) is 4.61. The van der Waals surface area contributed by atoms with Gasteiger partial charge in [-0.2, -0.15) is 5.26 Å². The van der Waals surface area contributed by atoms with E-state index in [9.17, 15) is 0 Å². The first-order chi connectivity index (χ1) is 11.2. The second kappa shape index (κ2) is 6.41. The fourth-order valence-corrected chi connectivity index (χ4v) is 2.25. The molecule has 2 aromatic heterocycles. The number of aromatic nitrogens is 4. The summed E-state index contributed by atoms with van der Waals surface area (Å²) in [7, 11) is 0. The van der Waals surface area contributed by atoms with Gasteiger partial charge >= 0.3 is 0 Å². The summed E-state index contributed by atoms with van der Waals surface area (Å²) in [5.74, 6) is 0.383. The third-order valence-corrected chi connectivity index (χ3v) is 3.63. The maximum atomic E-state index is 8.81. The molecule has 23 heavy (non-hydrogen) atoms. The molecule has 0 aliphatic heterocycles. The van der Waals surface area contributed by atoms with E-state index in [1.807, 2.05) is 29.1 Å². The van der Waals surface area contributed by atoms with Gasteiger partial charge in [-0.15, -0.1) is 5.10 Å². The van der Waals surface area contributed by atoms with Crippen molar-refractivity contribution in [1.29, 1.82) is 5.26 Å². The summed E-state index contributed by atoms with van der Waals surface area (Å²) in [4.78, 5) is 4.31. The van der Waals surface area contributed by atoms with Gasteiger partial charge in [-0.3, -0.25) is 4.98 Å². The maximum absolute atomic E-state index is 8.81. The first-order valence-electron chi connectivity index (χ1n) is 7.51. The van der Waals surface area contributed by atoms with Gasteiger partial charge in [-0.05, 0) is 23.6 Å². The molecule has 5 heteroatoms. The van der Waals surface area contributed by atoms with Crippen LogP contribution in [0.15, 0.2) is 48.8 Å². The van der Waals surface area contributed by atoms with Crippen LogP contribution in [0.25, 0.3) is 11.3 Å². The lowest BCUT2D eigenvalue weighted by atomic mass is 10.1. The molecule has 5 nitrogen and oxygen atoms in total. The van der Waals surface area contributed by atoms with E-state index in [0.717, 1.165) is 22.5 Å². The average molecular weight is 303 g/mol. The average Bonchev–Trinajstić information content (AvgIpc) is 3.04. The number of hydrogen-bond donors (Lipinski definition) is 0. The Labute approximate surface area is 135 Å². The number of rotatable bonds is 4. The summed E-state index contributed by atoms with van der Waals surface area (Å²) in [6.45, 7) is 4.91. The molecular weight excluding hydrogens is 286 g/mol. The molecule has 0 N–H and O–H groups in total. The quantitative estimate of drug-likeness (QED) is 0.741. The molecule has 114 valence electrons. The van der Waals surface area contributed by atoms with Gasteiger partial charge in [0.1, 0.15) is 6.07 Å². The number of hydrogen-bond acceptors (Lipinski definition) is 4. The van der Waals surface area contributed by atoms with Crippen LogP contribution in [-0.2, 0) is 6.54 Å². The number of benzene rings is 1. The summed E-state index contributed by atoms with van der Waals surface area (Å²) in [5, 5.41) is 17.1. The van der Waals surface area contributed by atoms with E-state index in [-0.39, 0.29) is 0 Å². The molecular formula is C18H17N5. The third-order valence-electron chi connectivity index (χ3n) is 3.63. The second-order valence-electron chi connectivity index (χ2n) is 5.74. The lowest BCUT2D eigenvalue weighted by Crippen LogP contribution is -2.00. The fourth-order valence-electron chi connectivity index (χ4n) is 2.25. The molecule has 0 saturated carbocycles. The Hall–Kier alpha value is -3.00. The smallest absolute Gasteiger partial charge is 0.101 e. The molecule has 0 radical (unpaired) electrons. The Kier molecular flexibility index (Phi) is 4.15. The van der Waals surface area contributed by atoms with Crippen molar-refractivity contribution in [3.8, 4) is 17.3 Å². The highest BCUT2D eigenvalue weighted by atomic mass is 15.4.